The molecule has 1 heterocycles. The minimum atomic E-state index is -4.87. The quantitative estimate of drug-likeness (QED) is 0.754. The van der Waals surface area contributed by atoms with E-state index >= 15 is 0 Å². The maximum Gasteiger partial charge on any atom is 0.393 e. The standard InChI is InChI=1S/C14H15F3N2O6S/c1-25-11-3-2-7(4-8(11)12(18)20)26(23,24)19-5-9(13(21)22)10(6-19)14(15,16)17/h2-4,9-10H,5-6H2,1H3,(H2,18,20)(H,21,22)/t9-,10-/m1/s1. The lowest BCUT2D eigenvalue weighted by Gasteiger charge is -2.19. The van der Waals surface area contributed by atoms with E-state index in [2.05, 4.69) is 0 Å². The smallest absolute Gasteiger partial charge is 0.393 e. The fraction of sp³-hybridized carbons (Fsp3) is 0.429. The zero-order chi connectivity index (χ0) is 19.9. The Kier molecular flexibility index (Phi) is 5.19. The van der Waals surface area contributed by atoms with Crippen LogP contribution in [0, 0.1) is 11.8 Å². The molecule has 0 saturated carbocycles. The van der Waals surface area contributed by atoms with E-state index in [1.807, 2.05) is 0 Å². The van der Waals surface area contributed by atoms with Crippen molar-refractivity contribution < 1.29 is 41.0 Å². The molecule has 1 aromatic rings. The van der Waals surface area contributed by atoms with E-state index < -0.39 is 57.9 Å². The number of hydrogen-bond acceptors (Lipinski definition) is 5. The molecule has 1 aliphatic heterocycles. The number of benzene rings is 1. The largest absolute Gasteiger partial charge is 0.496 e. The number of rotatable bonds is 5. The summed E-state index contributed by atoms with van der Waals surface area (Å²) in [5.74, 6) is -6.98. The number of nitrogens with zero attached hydrogens (tertiary/aromatic N) is 1. The molecule has 0 bridgehead atoms. The molecule has 2 atom stereocenters. The van der Waals surface area contributed by atoms with Crippen molar-refractivity contribution in [3.8, 4) is 5.75 Å². The summed E-state index contributed by atoms with van der Waals surface area (Å²) < 4.78 is 69.7. The molecule has 1 aliphatic rings. The first-order valence-electron chi connectivity index (χ1n) is 7.17. The second-order valence-corrected chi connectivity index (χ2v) is 7.58. The van der Waals surface area contributed by atoms with Gasteiger partial charge >= 0.3 is 12.1 Å². The fourth-order valence-corrected chi connectivity index (χ4v) is 4.25. The van der Waals surface area contributed by atoms with E-state index in [0.29, 0.717) is 4.31 Å². The van der Waals surface area contributed by atoms with Gasteiger partial charge in [0.25, 0.3) is 5.91 Å². The average molecular weight is 396 g/mol. The van der Waals surface area contributed by atoms with E-state index in [9.17, 15) is 31.2 Å². The molecule has 2 rings (SSSR count). The molecule has 8 nitrogen and oxygen atoms in total. The van der Waals surface area contributed by atoms with Crippen molar-refractivity contribution in [1.29, 1.82) is 0 Å². The van der Waals surface area contributed by atoms with Crippen LogP contribution in [-0.2, 0) is 14.8 Å². The van der Waals surface area contributed by atoms with Crippen LogP contribution in [0.1, 0.15) is 10.4 Å². The summed E-state index contributed by atoms with van der Waals surface area (Å²) in [6.07, 6.45) is -4.87. The van der Waals surface area contributed by atoms with Crippen molar-refractivity contribution in [2.75, 3.05) is 20.2 Å². The molecule has 0 radical (unpaired) electrons. The van der Waals surface area contributed by atoms with Gasteiger partial charge < -0.3 is 15.6 Å². The maximum atomic E-state index is 13.0. The molecule has 12 heteroatoms. The molecule has 1 fully saturated rings. The molecule has 1 aromatic carbocycles. The number of carboxylic acid groups (broad SMARTS) is 1. The number of nitrogens with two attached hydrogens (primary N) is 1. The van der Waals surface area contributed by atoms with E-state index in [4.69, 9.17) is 15.6 Å². The second-order valence-electron chi connectivity index (χ2n) is 5.64. The first-order chi connectivity index (χ1) is 11.9. The summed E-state index contributed by atoms with van der Waals surface area (Å²) in [5, 5.41) is 8.99. The molecule has 144 valence electrons. The van der Waals surface area contributed by atoms with Crippen molar-refractivity contribution in [3.63, 3.8) is 0 Å². The highest BCUT2D eigenvalue weighted by Gasteiger charge is 2.55. The van der Waals surface area contributed by atoms with Crippen LogP contribution in [0.4, 0.5) is 13.2 Å². The van der Waals surface area contributed by atoms with Crippen LogP contribution < -0.4 is 10.5 Å². The van der Waals surface area contributed by atoms with Crippen LogP contribution in [0.25, 0.3) is 0 Å². The Labute approximate surface area is 146 Å². The zero-order valence-corrected chi connectivity index (χ0v) is 14.2. The van der Waals surface area contributed by atoms with Crippen molar-refractivity contribution in [3.05, 3.63) is 23.8 Å². The molecular formula is C14H15F3N2O6S. The molecule has 0 spiro atoms. The lowest BCUT2D eigenvalue weighted by atomic mass is 9.96. The van der Waals surface area contributed by atoms with Crippen LogP contribution in [0.15, 0.2) is 23.1 Å². The minimum absolute atomic E-state index is 0.00514. The minimum Gasteiger partial charge on any atom is -0.496 e. The van der Waals surface area contributed by atoms with Crippen LogP contribution in [0.3, 0.4) is 0 Å². The number of ether oxygens (including phenoxy) is 1. The molecule has 0 unspecified atom stereocenters. The van der Waals surface area contributed by atoms with Gasteiger partial charge in [-0.3, -0.25) is 9.59 Å². The summed E-state index contributed by atoms with van der Waals surface area (Å²) in [6, 6.07) is 3.06. The van der Waals surface area contributed by atoms with Crippen LogP contribution >= 0.6 is 0 Å². The van der Waals surface area contributed by atoms with Gasteiger partial charge in [-0.15, -0.1) is 0 Å². The van der Waals surface area contributed by atoms with E-state index in [1.165, 1.54) is 7.11 Å². The monoisotopic (exact) mass is 396 g/mol. The Hall–Kier alpha value is -2.34. The Balaban J connectivity index is 2.44. The number of carboxylic acids is 1. The molecule has 0 aliphatic carbocycles. The van der Waals surface area contributed by atoms with Crippen LogP contribution in [0.2, 0.25) is 0 Å². The third-order valence-corrected chi connectivity index (χ3v) is 5.93. The summed E-state index contributed by atoms with van der Waals surface area (Å²) in [4.78, 5) is 22.0. The Morgan fingerprint density at radius 3 is 2.35 bits per heavy atom. The number of hydrogen-bond donors (Lipinski definition) is 2. The number of carbonyl (C=O) groups is 2. The Bertz CT molecular complexity index is 840. The number of alkyl halides is 3. The third kappa shape index (κ3) is 3.60. The highest BCUT2D eigenvalue weighted by atomic mass is 32.2. The van der Waals surface area contributed by atoms with Crippen LogP contribution in [-0.4, -0.2) is 56.1 Å². The lowest BCUT2D eigenvalue weighted by molar-refractivity contribution is -0.187. The highest BCUT2D eigenvalue weighted by molar-refractivity contribution is 7.89. The molecular weight excluding hydrogens is 381 g/mol. The number of halogens is 3. The highest BCUT2D eigenvalue weighted by Crippen LogP contribution is 2.39. The van der Waals surface area contributed by atoms with Gasteiger partial charge in [-0.05, 0) is 18.2 Å². The van der Waals surface area contributed by atoms with Gasteiger partial charge in [0.2, 0.25) is 10.0 Å². The van der Waals surface area contributed by atoms with Crippen LogP contribution in [0.5, 0.6) is 5.75 Å². The summed E-state index contributed by atoms with van der Waals surface area (Å²) in [7, 11) is -3.25. The van der Waals surface area contributed by atoms with Gasteiger partial charge in [0.05, 0.1) is 29.4 Å². The summed E-state index contributed by atoms with van der Waals surface area (Å²) >= 11 is 0. The Morgan fingerprint density at radius 1 is 1.31 bits per heavy atom. The number of sulfonamides is 1. The van der Waals surface area contributed by atoms with E-state index in [0.717, 1.165) is 18.2 Å². The number of aliphatic carboxylic acids is 1. The van der Waals surface area contributed by atoms with Gasteiger partial charge in [-0.2, -0.15) is 17.5 Å². The molecule has 1 saturated heterocycles. The molecule has 26 heavy (non-hydrogen) atoms. The number of carbonyl (C=O) groups excluding carboxylic acids is 1. The fourth-order valence-electron chi connectivity index (χ4n) is 2.74. The number of amides is 1. The van der Waals surface area contributed by atoms with Gasteiger partial charge in [-0.1, -0.05) is 0 Å². The summed E-state index contributed by atoms with van der Waals surface area (Å²) in [6.45, 7) is -1.86. The van der Waals surface area contributed by atoms with E-state index in [-0.39, 0.29) is 11.3 Å². The van der Waals surface area contributed by atoms with Crippen molar-refractivity contribution in [2.45, 2.75) is 11.1 Å². The second kappa shape index (κ2) is 6.76. The van der Waals surface area contributed by atoms with Crippen molar-refractivity contribution >= 4 is 21.9 Å². The van der Waals surface area contributed by atoms with E-state index in [1.54, 1.807) is 0 Å². The normalized spacial score (nSPS) is 21.5. The van der Waals surface area contributed by atoms with Gasteiger partial charge in [0, 0.05) is 13.1 Å². The number of primary amides is 1. The maximum absolute atomic E-state index is 13.0. The lowest BCUT2D eigenvalue weighted by Crippen LogP contribution is -2.34. The first kappa shape index (κ1) is 20.0. The third-order valence-electron chi connectivity index (χ3n) is 4.10. The average Bonchev–Trinajstić information content (AvgIpc) is 3.00. The predicted molar refractivity (Wildman–Crippen MR) is 80.9 cm³/mol. The summed E-state index contributed by atoms with van der Waals surface area (Å²) in [5.41, 5.74) is 4.87. The number of methoxy groups -OCH3 is 1. The topological polar surface area (TPSA) is 127 Å². The Morgan fingerprint density at radius 2 is 1.92 bits per heavy atom. The predicted octanol–water partition coefficient (Wildman–Crippen LogP) is 0.678. The molecule has 1 amide bonds. The molecule has 3 N–H and O–H groups in total. The van der Waals surface area contributed by atoms with Gasteiger partial charge in [-0.25, -0.2) is 8.42 Å². The zero-order valence-electron chi connectivity index (χ0n) is 13.4. The van der Waals surface area contributed by atoms with Crippen molar-refractivity contribution in [1.82, 2.24) is 4.31 Å². The molecule has 0 aromatic heterocycles. The SMILES string of the molecule is COc1ccc(S(=O)(=O)N2C[C@@H](C(F)(F)F)[C@H](C(=O)O)C2)cc1C(N)=O. The van der Waals surface area contributed by atoms with Gasteiger partial charge in [0.15, 0.2) is 0 Å². The first-order valence-corrected chi connectivity index (χ1v) is 8.61. The van der Waals surface area contributed by atoms with Crippen molar-refractivity contribution in [2.24, 2.45) is 17.6 Å². The van der Waals surface area contributed by atoms with Gasteiger partial charge in [0.1, 0.15) is 5.75 Å².